The van der Waals surface area contributed by atoms with E-state index in [9.17, 15) is 8.42 Å². The zero-order valence-corrected chi connectivity index (χ0v) is 13.2. The normalized spacial score (nSPS) is 17.6. The number of halogens is 2. The van der Waals surface area contributed by atoms with Crippen LogP contribution in [0.15, 0.2) is 17.0 Å². The van der Waals surface area contributed by atoms with Crippen LogP contribution < -0.4 is 5.73 Å². The SMILES string of the molecule is NCc1cc(S(=O)(=O)N2CCSCC2)c(Cl)cc1Cl. The molecule has 0 radical (unpaired) electrons. The number of hydrogen-bond donors (Lipinski definition) is 1. The molecule has 0 atom stereocenters. The van der Waals surface area contributed by atoms with Crippen LogP contribution in [0, 0.1) is 0 Å². The minimum atomic E-state index is -3.57. The molecule has 1 fully saturated rings. The summed E-state index contributed by atoms with van der Waals surface area (Å²) in [6.07, 6.45) is 0. The molecular weight excluding hydrogens is 327 g/mol. The number of rotatable bonds is 3. The average molecular weight is 341 g/mol. The molecule has 0 aromatic heterocycles. The number of thioether (sulfide) groups is 1. The maximum atomic E-state index is 12.5. The number of benzene rings is 1. The van der Waals surface area contributed by atoms with Gasteiger partial charge in [0.05, 0.1) is 5.02 Å². The zero-order chi connectivity index (χ0) is 14.0. The van der Waals surface area contributed by atoms with E-state index in [0.717, 1.165) is 11.5 Å². The van der Waals surface area contributed by atoms with Gasteiger partial charge in [0.2, 0.25) is 10.0 Å². The fourth-order valence-electron chi connectivity index (χ4n) is 1.85. The van der Waals surface area contributed by atoms with Crippen molar-refractivity contribution in [3.63, 3.8) is 0 Å². The Kier molecular flexibility index (Phi) is 5.03. The van der Waals surface area contributed by atoms with Gasteiger partial charge in [-0.15, -0.1) is 0 Å². The molecule has 1 heterocycles. The van der Waals surface area contributed by atoms with Crippen molar-refractivity contribution in [1.82, 2.24) is 4.31 Å². The quantitative estimate of drug-likeness (QED) is 0.915. The first kappa shape index (κ1) is 15.4. The topological polar surface area (TPSA) is 63.4 Å². The van der Waals surface area contributed by atoms with Gasteiger partial charge in [-0.1, -0.05) is 23.2 Å². The fraction of sp³-hybridized carbons (Fsp3) is 0.455. The van der Waals surface area contributed by atoms with Gasteiger partial charge in [0.1, 0.15) is 4.90 Å². The Hall–Kier alpha value is 0.0200. The van der Waals surface area contributed by atoms with Crippen molar-refractivity contribution < 1.29 is 8.42 Å². The summed E-state index contributed by atoms with van der Waals surface area (Å²) in [5.74, 6) is 1.60. The third kappa shape index (κ3) is 3.20. The Labute approximate surface area is 127 Å². The van der Waals surface area contributed by atoms with E-state index in [-0.39, 0.29) is 16.5 Å². The summed E-state index contributed by atoms with van der Waals surface area (Å²) in [5.41, 5.74) is 6.13. The molecule has 19 heavy (non-hydrogen) atoms. The smallest absolute Gasteiger partial charge is 0.244 e. The van der Waals surface area contributed by atoms with Crippen LogP contribution in [0.25, 0.3) is 0 Å². The van der Waals surface area contributed by atoms with Gasteiger partial charge in [-0.2, -0.15) is 16.1 Å². The van der Waals surface area contributed by atoms with Crippen molar-refractivity contribution in [1.29, 1.82) is 0 Å². The molecule has 0 unspecified atom stereocenters. The predicted octanol–water partition coefficient (Wildman–Crippen LogP) is 2.19. The van der Waals surface area contributed by atoms with E-state index in [1.807, 2.05) is 0 Å². The standard InChI is InChI=1S/C11H14Cl2N2O2S2/c12-9-6-10(13)11(5-8(9)7-14)19(16,17)15-1-3-18-4-2-15/h5-6H,1-4,7,14H2. The summed E-state index contributed by atoms with van der Waals surface area (Å²) < 4.78 is 26.5. The number of hydrogen-bond acceptors (Lipinski definition) is 4. The molecular formula is C11H14Cl2N2O2S2. The van der Waals surface area contributed by atoms with Crippen LogP contribution in [0.2, 0.25) is 10.0 Å². The summed E-state index contributed by atoms with van der Waals surface area (Å²) in [4.78, 5) is 0.0888. The van der Waals surface area contributed by atoms with Crippen molar-refractivity contribution in [2.75, 3.05) is 24.6 Å². The molecule has 1 aliphatic rings. The van der Waals surface area contributed by atoms with E-state index in [4.69, 9.17) is 28.9 Å². The van der Waals surface area contributed by atoms with Crippen LogP contribution in [0.4, 0.5) is 0 Å². The number of nitrogens with zero attached hydrogens (tertiary/aromatic N) is 1. The molecule has 1 aromatic rings. The van der Waals surface area contributed by atoms with Gasteiger partial charge < -0.3 is 5.73 Å². The van der Waals surface area contributed by atoms with Crippen molar-refractivity contribution in [2.24, 2.45) is 5.73 Å². The third-order valence-electron chi connectivity index (χ3n) is 2.91. The maximum absolute atomic E-state index is 12.5. The van der Waals surface area contributed by atoms with Crippen LogP contribution in [0.1, 0.15) is 5.56 Å². The van der Waals surface area contributed by atoms with E-state index in [2.05, 4.69) is 0 Å². The second kappa shape index (κ2) is 6.20. The summed E-state index contributed by atoms with van der Waals surface area (Å²) >= 11 is 13.7. The second-order valence-corrected chi connectivity index (χ2v) is 8.04. The van der Waals surface area contributed by atoms with Crippen LogP contribution in [-0.4, -0.2) is 37.3 Å². The first-order chi connectivity index (χ1) is 8.96. The van der Waals surface area contributed by atoms with E-state index >= 15 is 0 Å². The van der Waals surface area contributed by atoms with Crippen molar-refractivity contribution >= 4 is 45.0 Å². The van der Waals surface area contributed by atoms with Crippen LogP contribution in [0.3, 0.4) is 0 Å². The summed E-state index contributed by atoms with van der Waals surface area (Å²) in [6, 6.07) is 2.92. The molecule has 2 rings (SSSR count). The second-order valence-electron chi connectivity index (χ2n) is 4.09. The van der Waals surface area contributed by atoms with Gasteiger partial charge in [-0.05, 0) is 17.7 Å². The summed E-state index contributed by atoms with van der Waals surface area (Å²) in [6.45, 7) is 1.18. The molecule has 0 saturated carbocycles. The van der Waals surface area contributed by atoms with Gasteiger partial charge in [0, 0.05) is 36.2 Å². The molecule has 1 aromatic carbocycles. The first-order valence-corrected chi connectivity index (χ1v) is 9.07. The molecule has 4 nitrogen and oxygen atoms in total. The average Bonchev–Trinajstić information content (AvgIpc) is 2.39. The molecule has 1 aliphatic heterocycles. The first-order valence-electron chi connectivity index (χ1n) is 5.72. The molecule has 8 heteroatoms. The highest BCUT2D eigenvalue weighted by Gasteiger charge is 2.28. The molecule has 0 amide bonds. The van der Waals surface area contributed by atoms with Crippen LogP contribution >= 0.6 is 35.0 Å². The highest BCUT2D eigenvalue weighted by atomic mass is 35.5. The van der Waals surface area contributed by atoms with Crippen molar-refractivity contribution in [2.45, 2.75) is 11.4 Å². The minimum absolute atomic E-state index is 0.0888. The van der Waals surface area contributed by atoms with Crippen LogP contribution in [-0.2, 0) is 16.6 Å². The fourth-order valence-corrected chi connectivity index (χ4v) is 5.28. The minimum Gasteiger partial charge on any atom is -0.326 e. The molecule has 1 saturated heterocycles. The number of nitrogens with two attached hydrogens (primary N) is 1. The number of sulfonamides is 1. The van der Waals surface area contributed by atoms with Crippen LogP contribution in [0.5, 0.6) is 0 Å². The Morgan fingerprint density at radius 2 is 1.84 bits per heavy atom. The van der Waals surface area contributed by atoms with E-state index in [1.165, 1.54) is 16.4 Å². The monoisotopic (exact) mass is 340 g/mol. The van der Waals surface area contributed by atoms with Gasteiger partial charge in [-0.25, -0.2) is 8.42 Å². The molecule has 0 spiro atoms. The lowest BCUT2D eigenvalue weighted by Crippen LogP contribution is -2.38. The Morgan fingerprint density at radius 3 is 2.42 bits per heavy atom. The van der Waals surface area contributed by atoms with Crippen molar-refractivity contribution in [3.05, 3.63) is 27.7 Å². The Balaban J connectivity index is 2.44. The lowest BCUT2D eigenvalue weighted by Gasteiger charge is -2.26. The predicted molar refractivity (Wildman–Crippen MR) is 80.4 cm³/mol. The van der Waals surface area contributed by atoms with E-state index < -0.39 is 10.0 Å². The van der Waals surface area contributed by atoms with Crippen molar-refractivity contribution in [3.8, 4) is 0 Å². The van der Waals surface area contributed by atoms with Gasteiger partial charge >= 0.3 is 0 Å². The lowest BCUT2D eigenvalue weighted by atomic mass is 10.2. The van der Waals surface area contributed by atoms with Gasteiger partial charge in [0.15, 0.2) is 0 Å². The highest BCUT2D eigenvalue weighted by Crippen LogP contribution is 2.31. The zero-order valence-electron chi connectivity index (χ0n) is 10.1. The summed E-state index contributed by atoms with van der Waals surface area (Å²) in [5, 5.41) is 0.529. The molecule has 0 bridgehead atoms. The molecule has 2 N–H and O–H groups in total. The highest BCUT2D eigenvalue weighted by molar-refractivity contribution is 7.99. The molecule has 106 valence electrons. The summed E-state index contributed by atoms with van der Waals surface area (Å²) in [7, 11) is -3.57. The van der Waals surface area contributed by atoms with Gasteiger partial charge in [0.25, 0.3) is 0 Å². The molecule has 0 aliphatic carbocycles. The Bertz CT molecular complexity index is 572. The largest absolute Gasteiger partial charge is 0.326 e. The van der Waals surface area contributed by atoms with E-state index in [1.54, 1.807) is 11.8 Å². The third-order valence-corrected chi connectivity index (χ3v) is 6.57. The Morgan fingerprint density at radius 1 is 1.21 bits per heavy atom. The van der Waals surface area contributed by atoms with Gasteiger partial charge in [-0.3, -0.25) is 0 Å². The lowest BCUT2D eigenvalue weighted by molar-refractivity contribution is 0.443. The van der Waals surface area contributed by atoms with E-state index in [0.29, 0.717) is 23.7 Å². The maximum Gasteiger partial charge on any atom is 0.244 e.